The number of para-hydroxylation sites is 1. The number of aryl methyl sites for hydroxylation is 1. The van der Waals surface area contributed by atoms with Gasteiger partial charge in [0, 0.05) is 11.0 Å². The molecule has 4 aromatic rings. The number of pyridine rings is 1. The molecule has 1 heterocycles. The lowest BCUT2D eigenvalue weighted by molar-refractivity contribution is 0.102. The zero-order valence-electron chi connectivity index (χ0n) is 16.9. The monoisotopic (exact) mass is 405 g/mol. The topological polar surface area (TPSA) is 30.0 Å². The van der Waals surface area contributed by atoms with Crippen LogP contribution in [0, 0.1) is 5.82 Å². The van der Waals surface area contributed by atoms with Gasteiger partial charge in [-0.1, -0.05) is 72.8 Å². The number of ketones is 1. The van der Waals surface area contributed by atoms with Crippen LogP contribution in [0.4, 0.5) is 4.39 Å². The molecule has 150 valence electrons. The highest BCUT2D eigenvalue weighted by molar-refractivity contribution is 6.17. The molecular weight excluding hydrogens is 385 g/mol. The Bertz CT molecular complexity index is 1340. The van der Waals surface area contributed by atoms with Crippen LogP contribution in [0.15, 0.2) is 84.4 Å². The lowest BCUT2D eigenvalue weighted by atomic mass is 9.84. The second-order valence-electron chi connectivity index (χ2n) is 7.66. The summed E-state index contributed by atoms with van der Waals surface area (Å²) in [5.41, 5.74) is 5.95. The minimum atomic E-state index is -0.269. The maximum atomic E-state index is 13.5. The number of hydrogen-bond donors (Lipinski definition) is 0. The van der Waals surface area contributed by atoms with E-state index in [4.69, 9.17) is 4.98 Å². The number of hydrogen-bond acceptors (Lipinski definition) is 2. The first-order valence-corrected chi connectivity index (χ1v) is 10.3. The number of nitrogens with zero attached hydrogens (tertiary/aromatic N) is 1. The van der Waals surface area contributed by atoms with Gasteiger partial charge < -0.3 is 0 Å². The average Bonchev–Trinajstić information content (AvgIpc) is 2.80. The first kappa shape index (κ1) is 19.1. The summed E-state index contributed by atoms with van der Waals surface area (Å²) in [7, 11) is 0. The summed E-state index contributed by atoms with van der Waals surface area (Å²) < 4.78 is 13.3. The van der Waals surface area contributed by atoms with Gasteiger partial charge in [0.1, 0.15) is 5.82 Å². The third-order valence-electron chi connectivity index (χ3n) is 5.61. The first-order chi connectivity index (χ1) is 15.2. The number of carbonyl (C=O) groups excluding carboxylic acids is 1. The van der Waals surface area contributed by atoms with E-state index in [-0.39, 0.29) is 11.6 Å². The summed E-state index contributed by atoms with van der Waals surface area (Å²) in [6.07, 6.45) is 7.26. The molecule has 5 rings (SSSR count). The van der Waals surface area contributed by atoms with Gasteiger partial charge in [-0.2, -0.15) is 0 Å². The van der Waals surface area contributed by atoms with E-state index in [2.05, 4.69) is 0 Å². The molecule has 0 N–H and O–H groups in total. The molecular formula is C28H20FNO. The summed E-state index contributed by atoms with van der Waals surface area (Å²) in [5.74, 6) is -0.239. The highest BCUT2D eigenvalue weighted by Gasteiger charge is 2.27. The first-order valence-electron chi connectivity index (χ1n) is 10.3. The van der Waals surface area contributed by atoms with Crippen LogP contribution in [0.3, 0.4) is 0 Å². The molecule has 0 amide bonds. The molecule has 31 heavy (non-hydrogen) atoms. The van der Waals surface area contributed by atoms with Gasteiger partial charge in [0.05, 0.1) is 16.8 Å². The Balaban J connectivity index is 1.65. The minimum Gasteiger partial charge on any atom is -0.289 e. The van der Waals surface area contributed by atoms with Crippen molar-refractivity contribution in [3.8, 4) is 0 Å². The largest absolute Gasteiger partial charge is 0.289 e. The van der Waals surface area contributed by atoms with Crippen molar-refractivity contribution in [2.75, 3.05) is 0 Å². The minimum absolute atomic E-state index is 0.0297. The van der Waals surface area contributed by atoms with Crippen molar-refractivity contribution in [3.63, 3.8) is 0 Å². The fraction of sp³-hybridized carbons (Fsp3) is 0.0714. The molecule has 3 heteroatoms. The van der Waals surface area contributed by atoms with Crippen molar-refractivity contribution in [3.05, 3.63) is 118 Å². The highest BCUT2D eigenvalue weighted by Crippen LogP contribution is 2.33. The second-order valence-corrected chi connectivity index (χ2v) is 7.66. The van der Waals surface area contributed by atoms with Crippen LogP contribution in [0.5, 0.6) is 0 Å². The molecule has 3 aromatic carbocycles. The van der Waals surface area contributed by atoms with Crippen LogP contribution in [-0.2, 0) is 6.42 Å². The normalized spacial score (nSPS) is 15.0. The van der Waals surface area contributed by atoms with Crippen molar-refractivity contribution in [2.45, 2.75) is 12.8 Å². The molecule has 0 bridgehead atoms. The Morgan fingerprint density at radius 1 is 0.774 bits per heavy atom. The number of halogens is 1. The lowest BCUT2D eigenvalue weighted by Crippen LogP contribution is -2.17. The van der Waals surface area contributed by atoms with Crippen molar-refractivity contribution < 1.29 is 9.18 Å². The molecule has 1 aromatic heterocycles. The van der Waals surface area contributed by atoms with Crippen LogP contribution in [-0.4, -0.2) is 10.8 Å². The molecule has 0 fully saturated rings. The maximum absolute atomic E-state index is 13.5. The van der Waals surface area contributed by atoms with Gasteiger partial charge in [-0.15, -0.1) is 0 Å². The van der Waals surface area contributed by atoms with E-state index in [1.54, 1.807) is 12.1 Å². The maximum Gasteiger partial charge on any atom is 0.191 e. The standard InChI is InChI=1S/C28H20FNO/c29-22-14-10-19(11-15-22)12-16-24-23-8-4-5-9-25(23)30-26-17-13-21(28(31)27(24)26)18-20-6-2-1-3-7-20/h1-12,14-16,18H,13,17H2/b16-12+,21-18+. The van der Waals surface area contributed by atoms with Gasteiger partial charge in [-0.25, -0.2) is 4.39 Å². The van der Waals surface area contributed by atoms with Crippen LogP contribution < -0.4 is 0 Å². The Morgan fingerprint density at radius 2 is 1.52 bits per heavy atom. The second kappa shape index (κ2) is 8.11. The van der Waals surface area contributed by atoms with Gasteiger partial charge in [0.15, 0.2) is 5.78 Å². The number of benzene rings is 3. The Morgan fingerprint density at radius 3 is 2.32 bits per heavy atom. The van der Waals surface area contributed by atoms with E-state index >= 15 is 0 Å². The van der Waals surface area contributed by atoms with Gasteiger partial charge in [0.2, 0.25) is 0 Å². The molecule has 0 atom stereocenters. The van der Waals surface area contributed by atoms with Crippen molar-refractivity contribution in [1.29, 1.82) is 0 Å². The fourth-order valence-electron chi connectivity index (χ4n) is 4.07. The average molecular weight is 405 g/mol. The van der Waals surface area contributed by atoms with Crippen LogP contribution in [0.2, 0.25) is 0 Å². The molecule has 0 radical (unpaired) electrons. The third-order valence-corrected chi connectivity index (χ3v) is 5.61. The summed E-state index contributed by atoms with van der Waals surface area (Å²) >= 11 is 0. The van der Waals surface area contributed by atoms with Crippen molar-refractivity contribution in [1.82, 2.24) is 4.98 Å². The molecule has 1 aliphatic carbocycles. The molecule has 0 unspecified atom stereocenters. The molecule has 0 saturated heterocycles. The summed E-state index contributed by atoms with van der Waals surface area (Å²) in [6.45, 7) is 0. The van der Waals surface area contributed by atoms with Gasteiger partial charge in [-0.05, 0) is 53.8 Å². The van der Waals surface area contributed by atoms with E-state index in [1.807, 2.05) is 72.8 Å². The van der Waals surface area contributed by atoms with Gasteiger partial charge >= 0.3 is 0 Å². The van der Waals surface area contributed by atoms with Crippen molar-refractivity contribution in [2.24, 2.45) is 0 Å². The van der Waals surface area contributed by atoms with E-state index in [9.17, 15) is 9.18 Å². The number of Topliss-reactive ketones (excluding diaryl/α,β-unsaturated/α-hetero) is 1. The summed E-state index contributed by atoms with van der Waals surface area (Å²) in [4.78, 5) is 18.4. The van der Waals surface area contributed by atoms with Crippen LogP contribution in [0.1, 0.15) is 39.2 Å². The Kier molecular flexibility index (Phi) is 5.01. The number of allylic oxidation sites excluding steroid dienone is 1. The Labute approximate surface area is 180 Å². The molecule has 0 aliphatic heterocycles. The number of rotatable bonds is 3. The van der Waals surface area contributed by atoms with E-state index in [1.165, 1.54) is 12.1 Å². The predicted molar refractivity (Wildman–Crippen MR) is 124 cm³/mol. The number of aromatic nitrogens is 1. The van der Waals surface area contributed by atoms with Crippen LogP contribution in [0.25, 0.3) is 29.1 Å². The van der Waals surface area contributed by atoms with E-state index in [0.717, 1.165) is 45.3 Å². The highest BCUT2D eigenvalue weighted by atomic mass is 19.1. The lowest BCUT2D eigenvalue weighted by Gasteiger charge is -2.20. The zero-order chi connectivity index (χ0) is 21.2. The van der Waals surface area contributed by atoms with Crippen molar-refractivity contribution >= 4 is 34.9 Å². The fourth-order valence-corrected chi connectivity index (χ4v) is 4.07. The van der Waals surface area contributed by atoms with Gasteiger partial charge in [0.25, 0.3) is 0 Å². The van der Waals surface area contributed by atoms with Crippen LogP contribution >= 0.6 is 0 Å². The summed E-state index contributed by atoms with van der Waals surface area (Å²) in [6, 6.07) is 24.1. The predicted octanol–water partition coefficient (Wildman–Crippen LogP) is 6.76. The number of carbonyl (C=O) groups is 1. The third kappa shape index (κ3) is 3.82. The van der Waals surface area contributed by atoms with Gasteiger partial charge in [-0.3, -0.25) is 9.78 Å². The Hall–Kier alpha value is -3.85. The molecule has 2 nitrogen and oxygen atoms in total. The quantitative estimate of drug-likeness (QED) is 0.353. The summed E-state index contributed by atoms with van der Waals surface area (Å²) in [5, 5.41) is 0.939. The smallest absolute Gasteiger partial charge is 0.191 e. The SMILES string of the molecule is O=C1/C(=C/c2ccccc2)CCc2nc3ccccc3c(/C=C/c3ccc(F)cc3)c21. The number of fused-ring (bicyclic) bond motifs is 2. The molecule has 1 aliphatic rings. The van der Waals surface area contributed by atoms with E-state index < -0.39 is 0 Å². The molecule has 0 saturated carbocycles. The molecule has 0 spiro atoms. The van der Waals surface area contributed by atoms with E-state index in [0.29, 0.717) is 12.0 Å². The zero-order valence-corrected chi connectivity index (χ0v) is 16.9.